The van der Waals surface area contributed by atoms with Gasteiger partial charge in [0.15, 0.2) is 5.75 Å². The molecular formula is C6H5BrN2O3. The topological polar surface area (TPSA) is 82.5 Å². The van der Waals surface area contributed by atoms with Gasteiger partial charge in [-0.3, -0.25) is 4.79 Å². The van der Waals surface area contributed by atoms with Crippen molar-refractivity contribution >= 4 is 21.6 Å². The van der Waals surface area contributed by atoms with E-state index in [1.165, 1.54) is 0 Å². The van der Waals surface area contributed by atoms with Crippen LogP contribution in [-0.2, 0) is 0 Å². The van der Waals surface area contributed by atoms with E-state index in [0.29, 0.717) is 5.69 Å². The van der Waals surface area contributed by atoms with Crippen molar-refractivity contribution in [3.8, 4) is 5.75 Å². The maximum atomic E-state index is 10.9. The third kappa shape index (κ3) is 1.25. The quantitative estimate of drug-likeness (QED) is 0.721. The van der Waals surface area contributed by atoms with Crippen LogP contribution in [0.4, 0.5) is 5.69 Å². The van der Waals surface area contributed by atoms with Crippen LogP contribution >= 0.6 is 15.9 Å². The fourth-order valence-corrected chi connectivity index (χ4v) is 1.05. The van der Waals surface area contributed by atoms with Gasteiger partial charge in [-0.1, -0.05) is 0 Å². The highest BCUT2D eigenvalue weighted by Crippen LogP contribution is 2.31. The van der Waals surface area contributed by atoms with E-state index in [4.69, 9.17) is 0 Å². The summed E-state index contributed by atoms with van der Waals surface area (Å²) >= 11 is 2.99. The number of aromatic amines is 1. The molecule has 0 fully saturated rings. The molecule has 0 saturated carbocycles. The van der Waals surface area contributed by atoms with Gasteiger partial charge >= 0.3 is 0 Å². The maximum Gasteiger partial charge on any atom is 0.281 e. The van der Waals surface area contributed by atoms with Crippen LogP contribution in [0.1, 0.15) is 5.69 Å². The van der Waals surface area contributed by atoms with Gasteiger partial charge in [-0.2, -0.15) is 0 Å². The Morgan fingerprint density at radius 1 is 1.58 bits per heavy atom. The zero-order valence-electron chi connectivity index (χ0n) is 6.09. The molecule has 1 heterocycles. The summed E-state index contributed by atoms with van der Waals surface area (Å²) in [7, 11) is 0. The van der Waals surface area contributed by atoms with Gasteiger partial charge in [-0.05, 0) is 28.0 Å². The molecule has 12 heavy (non-hydrogen) atoms. The summed E-state index contributed by atoms with van der Waals surface area (Å²) in [5.41, 5.74) is -0.749. The lowest BCUT2D eigenvalue weighted by molar-refractivity contribution is 0.471. The Bertz CT molecular complexity index is 385. The van der Waals surface area contributed by atoms with Crippen LogP contribution in [0.5, 0.6) is 5.75 Å². The Labute approximate surface area is 75.5 Å². The van der Waals surface area contributed by atoms with Crippen molar-refractivity contribution in [2.24, 2.45) is 5.18 Å². The molecule has 0 unspecified atom stereocenters. The van der Waals surface area contributed by atoms with Crippen molar-refractivity contribution in [1.29, 1.82) is 0 Å². The van der Waals surface area contributed by atoms with Crippen molar-refractivity contribution in [2.45, 2.75) is 6.92 Å². The van der Waals surface area contributed by atoms with Crippen LogP contribution in [0, 0.1) is 11.8 Å². The minimum atomic E-state index is -0.691. The lowest BCUT2D eigenvalue weighted by Gasteiger charge is -2.00. The van der Waals surface area contributed by atoms with Crippen LogP contribution in [0.25, 0.3) is 0 Å². The number of pyridine rings is 1. The third-order valence-electron chi connectivity index (χ3n) is 1.37. The summed E-state index contributed by atoms with van der Waals surface area (Å²) in [6.07, 6.45) is 0. The highest BCUT2D eigenvalue weighted by Gasteiger charge is 2.12. The van der Waals surface area contributed by atoms with Crippen molar-refractivity contribution in [1.82, 2.24) is 4.98 Å². The van der Waals surface area contributed by atoms with Crippen molar-refractivity contribution in [3.05, 3.63) is 25.4 Å². The highest BCUT2D eigenvalue weighted by atomic mass is 79.9. The van der Waals surface area contributed by atoms with E-state index in [2.05, 4.69) is 26.1 Å². The van der Waals surface area contributed by atoms with Gasteiger partial charge in [-0.15, -0.1) is 4.91 Å². The molecule has 1 aromatic rings. The van der Waals surface area contributed by atoms with E-state index in [9.17, 15) is 14.8 Å². The van der Waals surface area contributed by atoms with Gasteiger partial charge in [0.2, 0.25) is 5.69 Å². The average molecular weight is 233 g/mol. The van der Waals surface area contributed by atoms with Crippen molar-refractivity contribution < 1.29 is 5.11 Å². The standard InChI is InChI=1S/C6H5BrN2O3/c1-2-3(7)5(10)4(9-12)6(11)8-2/h1H3,(H2,8,10,11). The normalized spacial score (nSPS) is 9.83. The molecule has 0 atom stereocenters. The predicted molar refractivity (Wildman–Crippen MR) is 46.6 cm³/mol. The number of nitrogens with zero attached hydrogens (tertiary/aromatic N) is 1. The molecule has 1 rings (SSSR count). The summed E-state index contributed by atoms with van der Waals surface area (Å²) in [6, 6.07) is 0. The molecule has 1 aromatic heterocycles. The summed E-state index contributed by atoms with van der Waals surface area (Å²) < 4.78 is 0.275. The average Bonchev–Trinajstić information content (AvgIpc) is 2.01. The van der Waals surface area contributed by atoms with Crippen LogP contribution in [0.3, 0.4) is 0 Å². The van der Waals surface area contributed by atoms with Gasteiger partial charge in [0.05, 0.1) is 4.47 Å². The fourth-order valence-electron chi connectivity index (χ4n) is 0.758. The Hall–Kier alpha value is -1.17. The first-order valence-electron chi connectivity index (χ1n) is 3.02. The first-order chi connectivity index (χ1) is 5.57. The molecule has 6 heteroatoms. The summed E-state index contributed by atoms with van der Waals surface area (Å²) in [5.74, 6) is -0.425. The smallest absolute Gasteiger partial charge is 0.281 e. The maximum absolute atomic E-state index is 10.9. The lowest BCUT2D eigenvalue weighted by Crippen LogP contribution is -2.07. The SMILES string of the molecule is Cc1[nH]c(=O)c(N=O)c(O)c1Br. The number of nitroso groups, excluding NO2 is 1. The number of aromatic nitrogens is 1. The molecule has 0 aliphatic heterocycles. The monoisotopic (exact) mass is 232 g/mol. The number of aryl methyl sites for hydroxylation is 1. The molecular weight excluding hydrogens is 228 g/mol. The molecule has 0 bridgehead atoms. The Kier molecular flexibility index (Phi) is 2.27. The van der Waals surface area contributed by atoms with E-state index in [-0.39, 0.29) is 4.47 Å². The number of rotatable bonds is 1. The first-order valence-corrected chi connectivity index (χ1v) is 3.82. The number of hydrogen-bond acceptors (Lipinski definition) is 4. The van der Waals surface area contributed by atoms with E-state index in [1.807, 2.05) is 0 Å². The van der Waals surface area contributed by atoms with Gasteiger partial charge < -0.3 is 10.1 Å². The number of halogens is 1. The number of aromatic hydroxyl groups is 1. The molecule has 0 aliphatic carbocycles. The van der Waals surface area contributed by atoms with E-state index in [1.54, 1.807) is 6.92 Å². The second kappa shape index (κ2) is 3.06. The van der Waals surface area contributed by atoms with Crippen molar-refractivity contribution in [2.75, 3.05) is 0 Å². The summed E-state index contributed by atoms with van der Waals surface area (Å²) in [5, 5.41) is 11.6. The molecule has 5 nitrogen and oxygen atoms in total. The zero-order valence-corrected chi connectivity index (χ0v) is 7.67. The summed E-state index contributed by atoms with van der Waals surface area (Å²) in [4.78, 5) is 23.3. The Morgan fingerprint density at radius 2 is 2.17 bits per heavy atom. The fraction of sp³-hybridized carbons (Fsp3) is 0.167. The molecule has 2 N–H and O–H groups in total. The molecule has 0 aromatic carbocycles. The van der Waals surface area contributed by atoms with E-state index in [0.717, 1.165) is 0 Å². The van der Waals surface area contributed by atoms with Crippen LogP contribution < -0.4 is 5.56 Å². The van der Waals surface area contributed by atoms with Crippen LogP contribution in [-0.4, -0.2) is 10.1 Å². The largest absolute Gasteiger partial charge is 0.504 e. The molecule has 0 amide bonds. The molecule has 0 aliphatic rings. The number of hydrogen-bond donors (Lipinski definition) is 2. The van der Waals surface area contributed by atoms with E-state index < -0.39 is 17.0 Å². The number of nitrogens with one attached hydrogen (secondary N) is 1. The van der Waals surface area contributed by atoms with E-state index >= 15 is 0 Å². The van der Waals surface area contributed by atoms with Crippen LogP contribution in [0.15, 0.2) is 14.4 Å². The zero-order chi connectivity index (χ0) is 9.30. The first kappa shape index (κ1) is 8.92. The minimum Gasteiger partial charge on any atom is -0.504 e. The van der Waals surface area contributed by atoms with Crippen molar-refractivity contribution in [3.63, 3.8) is 0 Å². The molecule has 0 spiro atoms. The highest BCUT2D eigenvalue weighted by molar-refractivity contribution is 9.10. The third-order valence-corrected chi connectivity index (χ3v) is 2.34. The second-order valence-electron chi connectivity index (χ2n) is 2.18. The molecule has 64 valence electrons. The van der Waals surface area contributed by atoms with Gasteiger partial charge in [0.1, 0.15) is 0 Å². The Morgan fingerprint density at radius 3 is 2.67 bits per heavy atom. The second-order valence-corrected chi connectivity index (χ2v) is 2.97. The molecule has 0 saturated heterocycles. The minimum absolute atomic E-state index is 0.275. The van der Waals surface area contributed by atoms with Gasteiger partial charge in [-0.25, -0.2) is 0 Å². The molecule has 0 radical (unpaired) electrons. The van der Waals surface area contributed by atoms with Crippen LogP contribution in [0.2, 0.25) is 0 Å². The predicted octanol–water partition coefficient (Wildman–Crippen LogP) is 1.55. The van der Waals surface area contributed by atoms with Gasteiger partial charge in [0.25, 0.3) is 5.56 Å². The number of H-pyrrole nitrogens is 1. The summed E-state index contributed by atoms with van der Waals surface area (Å²) in [6.45, 7) is 1.58. The Balaban J connectivity index is 3.62. The van der Waals surface area contributed by atoms with Gasteiger partial charge in [0, 0.05) is 5.69 Å². The lowest BCUT2D eigenvalue weighted by atomic mass is 10.3.